The topological polar surface area (TPSA) is 87.0 Å². The van der Waals surface area contributed by atoms with Gasteiger partial charge < -0.3 is 20.1 Å². The number of carbonyl (C=O) groups is 1. The monoisotopic (exact) mass is 346 g/mol. The van der Waals surface area contributed by atoms with E-state index in [4.69, 9.17) is 4.74 Å². The Morgan fingerprint density at radius 3 is 2.64 bits per heavy atom. The highest BCUT2D eigenvalue weighted by molar-refractivity contribution is 5.88. The number of aryl methyl sites for hydroxylation is 1. The lowest BCUT2D eigenvalue weighted by molar-refractivity contribution is -0.251. The van der Waals surface area contributed by atoms with Gasteiger partial charge in [-0.3, -0.25) is 4.79 Å². The largest absolute Gasteiger partial charge is 0.504 e. The van der Waals surface area contributed by atoms with Gasteiger partial charge in [0.15, 0.2) is 11.5 Å². The van der Waals surface area contributed by atoms with Gasteiger partial charge in [0.2, 0.25) is 6.29 Å². The fraction of sp³-hybridized carbons (Fsp3) is 0.650. The number of ether oxygens (including phenoxy) is 1. The highest BCUT2D eigenvalue weighted by Crippen LogP contribution is 2.64. The SMILES string of the molecule is CC(C)c1cc2c(c(O)c1O)[C@]13CCC[C@](C)([C@H](O)OC1=O)[C@@H]3CC2. The van der Waals surface area contributed by atoms with E-state index in [-0.39, 0.29) is 23.3 Å². The lowest BCUT2D eigenvalue weighted by Gasteiger charge is -2.59. The first-order chi connectivity index (χ1) is 11.7. The van der Waals surface area contributed by atoms with E-state index in [0.29, 0.717) is 17.5 Å². The zero-order valence-corrected chi connectivity index (χ0v) is 15.0. The lowest BCUT2D eigenvalue weighted by atomic mass is 9.47. The van der Waals surface area contributed by atoms with Crippen LogP contribution < -0.4 is 0 Å². The number of aliphatic hydroxyl groups is 1. The molecule has 1 saturated heterocycles. The summed E-state index contributed by atoms with van der Waals surface area (Å²) in [5, 5.41) is 31.8. The van der Waals surface area contributed by atoms with E-state index in [1.165, 1.54) is 0 Å². The number of hydrogen-bond donors (Lipinski definition) is 3. The van der Waals surface area contributed by atoms with Crippen LogP contribution in [0.25, 0.3) is 0 Å². The van der Waals surface area contributed by atoms with Gasteiger partial charge in [0, 0.05) is 16.5 Å². The molecule has 0 aromatic heterocycles. The number of aromatic hydroxyl groups is 2. The van der Waals surface area contributed by atoms with Crippen molar-refractivity contribution >= 4 is 5.97 Å². The van der Waals surface area contributed by atoms with E-state index < -0.39 is 23.1 Å². The number of benzene rings is 1. The third-order valence-electron chi connectivity index (χ3n) is 6.98. The molecule has 1 heterocycles. The summed E-state index contributed by atoms with van der Waals surface area (Å²) in [6.45, 7) is 5.91. The van der Waals surface area contributed by atoms with Crippen LogP contribution in [0.15, 0.2) is 6.07 Å². The van der Waals surface area contributed by atoms with Crippen molar-refractivity contribution in [2.45, 2.75) is 70.5 Å². The van der Waals surface area contributed by atoms with Crippen molar-refractivity contribution in [2.24, 2.45) is 11.3 Å². The van der Waals surface area contributed by atoms with Crippen molar-refractivity contribution in [2.75, 3.05) is 0 Å². The van der Waals surface area contributed by atoms with Gasteiger partial charge in [0.1, 0.15) is 5.41 Å². The van der Waals surface area contributed by atoms with Gasteiger partial charge in [0.05, 0.1) is 0 Å². The van der Waals surface area contributed by atoms with Gasteiger partial charge in [-0.2, -0.15) is 0 Å². The molecule has 5 heteroatoms. The van der Waals surface area contributed by atoms with Gasteiger partial charge in [-0.05, 0) is 43.1 Å². The maximum atomic E-state index is 13.0. The molecule has 4 atom stereocenters. The number of phenols is 2. The summed E-state index contributed by atoms with van der Waals surface area (Å²) in [5.41, 5.74) is 0.690. The van der Waals surface area contributed by atoms with Gasteiger partial charge in [-0.15, -0.1) is 0 Å². The van der Waals surface area contributed by atoms with Crippen LogP contribution in [0, 0.1) is 11.3 Å². The molecule has 0 spiro atoms. The molecule has 3 aliphatic rings. The average molecular weight is 346 g/mol. The molecule has 1 aromatic carbocycles. The Balaban J connectivity index is 1.99. The summed E-state index contributed by atoms with van der Waals surface area (Å²) in [7, 11) is 0. The van der Waals surface area contributed by atoms with Crippen molar-refractivity contribution in [3.8, 4) is 11.5 Å². The molecular formula is C20H26O5. The number of cyclic esters (lactones) is 1. The predicted octanol–water partition coefficient (Wildman–Crippen LogP) is 3.09. The van der Waals surface area contributed by atoms with Crippen molar-refractivity contribution in [3.63, 3.8) is 0 Å². The van der Waals surface area contributed by atoms with Crippen molar-refractivity contribution in [1.29, 1.82) is 0 Å². The Morgan fingerprint density at radius 1 is 1.24 bits per heavy atom. The minimum absolute atomic E-state index is 0.0724. The third-order valence-corrected chi connectivity index (χ3v) is 6.98. The Bertz CT molecular complexity index is 755. The van der Waals surface area contributed by atoms with E-state index in [2.05, 4.69) is 0 Å². The smallest absolute Gasteiger partial charge is 0.319 e. The van der Waals surface area contributed by atoms with Crippen LogP contribution in [0.3, 0.4) is 0 Å². The van der Waals surface area contributed by atoms with Crippen LogP contribution >= 0.6 is 0 Å². The molecule has 136 valence electrons. The van der Waals surface area contributed by atoms with Crippen LogP contribution in [0.4, 0.5) is 0 Å². The van der Waals surface area contributed by atoms with E-state index in [9.17, 15) is 20.1 Å². The van der Waals surface area contributed by atoms with Crippen molar-refractivity contribution in [3.05, 3.63) is 22.8 Å². The Morgan fingerprint density at radius 2 is 1.96 bits per heavy atom. The number of esters is 1. The molecule has 0 radical (unpaired) electrons. The molecule has 3 N–H and O–H groups in total. The fourth-order valence-electron chi connectivity index (χ4n) is 5.69. The van der Waals surface area contributed by atoms with Crippen LogP contribution in [-0.4, -0.2) is 27.6 Å². The maximum Gasteiger partial charge on any atom is 0.319 e. The Labute approximate surface area is 147 Å². The zero-order valence-electron chi connectivity index (χ0n) is 15.0. The number of carbonyl (C=O) groups excluding carboxylic acids is 1. The number of hydrogen-bond acceptors (Lipinski definition) is 5. The quantitative estimate of drug-likeness (QED) is 0.537. The summed E-state index contributed by atoms with van der Waals surface area (Å²) in [4.78, 5) is 13.0. The molecule has 5 nitrogen and oxygen atoms in total. The van der Waals surface area contributed by atoms with Gasteiger partial charge >= 0.3 is 5.97 Å². The molecular weight excluding hydrogens is 320 g/mol. The second-order valence-electron chi connectivity index (χ2n) is 8.53. The summed E-state index contributed by atoms with van der Waals surface area (Å²) < 4.78 is 5.37. The molecule has 1 aromatic rings. The summed E-state index contributed by atoms with van der Waals surface area (Å²) >= 11 is 0. The van der Waals surface area contributed by atoms with Crippen LogP contribution in [0.1, 0.15) is 69.1 Å². The number of rotatable bonds is 1. The lowest BCUT2D eigenvalue weighted by Crippen LogP contribution is -2.64. The second-order valence-corrected chi connectivity index (χ2v) is 8.53. The summed E-state index contributed by atoms with van der Waals surface area (Å²) in [6, 6.07) is 1.93. The first-order valence-corrected chi connectivity index (χ1v) is 9.21. The third kappa shape index (κ3) is 1.90. The first-order valence-electron chi connectivity index (χ1n) is 9.21. The van der Waals surface area contributed by atoms with Crippen LogP contribution in [0.5, 0.6) is 11.5 Å². The maximum absolute atomic E-state index is 13.0. The van der Waals surface area contributed by atoms with Gasteiger partial charge in [0.25, 0.3) is 0 Å². The molecule has 1 saturated carbocycles. The van der Waals surface area contributed by atoms with Crippen LogP contribution in [0.2, 0.25) is 0 Å². The Hall–Kier alpha value is -1.75. The normalized spacial score (nSPS) is 36.6. The standard InChI is InChI=1S/C20H26O5/c1-10(2)12-9-11-5-6-13-19(3)7-4-8-20(13,18(24)25-17(19)23)14(11)16(22)15(12)21/h9-10,13,17,21-23H,4-8H2,1-3H3/t13-,17+,19-,20+/m0/s1. The fourth-order valence-corrected chi connectivity index (χ4v) is 5.69. The highest BCUT2D eigenvalue weighted by atomic mass is 16.6. The van der Waals surface area contributed by atoms with E-state index in [1.54, 1.807) is 0 Å². The van der Waals surface area contributed by atoms with Gasteiger partial charge in [-0.25, -0.2) is 0 Å². The van der Waals surface area contributed by atoms with Crippen molar-refractivity contribution < 1.29 is 24.9 Å². The number of phenolic OH excluding ortho intramolecular Hbond substituents is 2. The molecule has 0 amide bonds. The second kappa shape index (κ2) is 5.13. The minimum atomic E-state index is -1.11. The van der Waals surface area contributed by atoms with Crippen molar-refractivity contribution in [1.82, 2.24) is 0 Å². The predicted molar refractivity (Wildman–Crippen MR) is 91.4 cm³/mol. The first kappa shape index (κ1) is 16.7. The van der Waals surface area contributed by atoms with Crippen LogP contribution in [-0.2, 0) is 21.4 Å². The molecule has 25 heavy (non-hydrogen) atoms. The number of fused-ring (bicyclic) bond motifs is 1. The molecule has 2 aliphatic carbocycles. The Kier molecular flexibility index (Phi) is 3.43. The zero-order chi connectivity index (χ0) is 18.1. The number of aliphatic hydroxyl groups excluding tert-OH is 1. The summed E-state index contributed by atoms with van der Waals surface area (Å²) in [6.07, 6.45) is 2.55. The minimum Gasteiger partial charge on any atom is -0.504 e. The molecule has 4 rings (SSSR count). The highest BCUT2D eigenvalue weighted by Gasteiger charge is 2.66. The molecule has 1 aliphatic heterocycles. The van der Waals surface area contributed by atoms with E-state index in [0.717, 1.165) is 31.2 Å². The molecule has 2 bridgehead atoms. The van der Waals surface area contributed by atoms with E-state index >= 15 is 0 Å². The molecule has 2 fully saturated rings. The molecule has 0 unspecified atom stereocenters. The summed E-state index contributed by atoms with van der Waals surface area (Å²) in [5.74, 6) is -0.788. The van der Waals surface area contributed by atoms with Gasteiger partial charge in [-0.1, -0.05) is 33.3 Å². The average Bonchev–Trinajstić information content (AvgIpc) is 2.56. The van der Waals surface area contributed by atoms with E-state index in [1.807, 2.05) is 26.8 Å².